The lowest BCUT2D eigenvalue weighted by Gasteiger charge is -2.28. The van der Waals surface area contributed by atoms with E-state index >= 15 is 0 Å². The molecule has 5 rings (SSSR count). The molecule has 2 amide bonds. The number of nitrogens with zero attached hydrogens (tertiary/aromatic N) is 3. The van der Waals surface area contributed by atoms with E-state index < -0.39 is 0 Å². The van der Waals surface area contributed by atoms with Crippen molar-refractivity contribution in [2.75, 3.05) is 11.4 Å². The van der Waals surface area contributed by atoms with Crippen molar-refractivity contribution >= 4 is 23.2 Å². The van der Waals surface area contributed by atoms with E-state index in [4.69, 9.17) is 4.42 Å². The van der Waals surface area contributed by atoms with Gasteiger partial charge in [0.25, 0.3) is 11.8 Å². The highest BCUT2D eigenvalue weighted by Gasteiger charge is 2.32. The number of para-hydroxylation sites is 1. The number of benzene rings is 1. The van der Waals surface area contributed by atoms with E-state index in [1.807, 2.05) is 30.0 Å². The summed E-state index contributed by atoms with van der Waals surface area (Å²) >= 11 is 0. The second kappa shape index (κ2) is 8.42. The summed E-state index contributed by atoms with van der Waals surface area (Å²) in [5, 5.41) is 4.39. The molecule has 7 nitrogen and oxygen atoms in total. The Bertz CT molecular complexity index is 1210. The van der Waals surface area contributed by atoms with E-state index in [9.17, 15) is 9.59 Å². The molecule has 3 heterocycles. The first-order chi connectivity index (χ1) is 15.6. The smallest absolute Gasteiger partial charge is 0.294 e. The molecule has 2 aliphatic rings. The zero-order chi connectivity index (χ0) is 22.1. The van der Waals surface area contributed by atoms with Crippen LogP contribution in [0.3, 0.4) is 0 Å². The lowest BCUT2D eigenvalue weighted by molar-refractivity contribution is 0.0948. The molecular weight excluding hydrogens is 404 g/mol. The van der Waals surface area contributed by atoms with Crippen LogP contribution in [-0.4, -0.2) is 29.1 Å². The quantitative estimate of drug-likeness (QED) is 0.638. The number of amides is 2. The fourth-order valence-corrected chi connectivity index (χ4v) is 4.53. The van der Waals surface area contributed by atoms with Gasteiger partial charge in [-0.3, -0.25) is 14.6 Å². The number of hydrogen-bond donors (Lipinski definition) is 1. The Labute approximate surface area is 186 Å². The predicted octanol–water partition coefficient (Wildman–Crippen LogP) is 4.05. The number of aryl methyl sites for hydroxylation is 2. The molecule has 2 aromatic heterocycles. The van der Waals surface area contributed by atoms with Gasteiger partial charge in [-0.1, -0.05) is 18.2 Å². The number of furan rings is 1. The number of aromatic nitrogens is 1. The lowest BCUT2D eigenvalue weighted by Crippen LogP contribution is -2.35. The lowest BCUT2D eigenvalue weighted by atomic mass is 9.93. The first kappa shape index (κ1) is 20.2. The maximum Gasteiger partial charge on any atom is 0.294 e. The van der Waals surface area contributed by atoms with Crippen LogP contribution in [-0.2, 0) is 12.8 Å². The fourth-order valence-electron chi connectivity index (χ4n) is 4.53. The van der Waals surface area contributed by atoms with E-state index in [1.54, 1.807) is 18.3 Å². The highest BCUT2D eigenvalue weighted by Crippen LogP contribution is 2.33. The number of carbonyl (C=O) groups is 2. The van der Waals surface area contributed by atoms with Crippen molar-refractivity contribution in [1.82, 2.24) is 10.4 Å². The van der Waals surface area contributed by atoms with Gasteiger partial charge in [0.2, 0.25) is 0 Å². The van der Waals surface area contributed by atoms with E-state index in [0.717, 1.165) is 54.0 Å². The monoisotopic (exact) mass is 428 g/mol. The summed E-state index contributed by atoms with van der Waals surface area (Å²) in [7, 11) is 0. The number of hydrogen-bond acceptors (Lipinski definition) is 5. The Hall–Kier alpha value is -3.74. The van der Waals surface area contributed by atoms with Crippen molar-refractivity contribution in [3.63, 3.8) is 0 Å². The Morgan fingerprint density at radius 2 is 1.97 bits per heavy atom. The number of fused-ring (bicyclic) bond motifs is 2. The SMILES string of the molecule is Cc1c(C(=O)N2CCCc3ccccc32)oc2c1/C(=N/NC(=O)c1cccnc1)CCC2. The number of carbonyl (C=O) groups excluding carboxylic acids is 2. The molecule has 0 atom stereocenters. The van der Waals surface area contributed by atoms with Crippen LogP contribution in [0.1, 0.15) is 62.6 Å². The summed E-state index contributed by atoms with van der Waals surface area (Å²) in [6.07, 6.45) is 7.32. The zero-order valence-corrected chi connectivity index (χ0v) is 17.9. The van der Waals surface area contributed by atoms with Crippen LogP contribution in [0.5, 0.6) is 0 Å². The van der Waals surface area contributed by atoms with Crippen molar-refractivity contribution in [2.24, 2.45) is 5.10 Å². The predicted molar refractivity (Wildman–Crippen MR) is 121 cm³/mol. The molecule has 1 aliphatic carbocycles. The Balaban J connectivity index is 1.44. The molecule has 0 fully saturated rings. The fraction of sp³-hybridized carbons (Fsp3) is 0.280. The molecule has 1 aliphatic heterocycles. The summed E-state index contributed by atoms with van der Waals surface area (Å²) < 4.78 is 6.09. The van der Waals surface area contributed by atoms with Gasteiger partial charge in [-0.2, -0.15) is 5.10 Å². The van der Waals surface area contributed by atoms with Crippen molar-refractivity contribution in [3.05, 3.63) is 82.6 Å². The molecule has 162 valence electrons. The number of pyridine rings is 1. The third-order valence-electron chi connectivity index (χ3n) is 6.09. The molecule has 0 saturated heterocycles. The molecule has 1 aromatic carbocycles. The van der Waals surface area contributed by atoms with Gasteiger partial charge < -0.3 is 9.32 Å². The van der Waals surface area contributed by atoms with Crippen LogP contribution < -0.4 is 10.3 Å². The average Bonchev–Trinajstić information content (AvgIpc) is 3.19. The van der Waals surface area contributed by atoms with Crippen molar-refractivity contribution in [2.45, 2.75) is 39.0 Å². The van der Waals surface area contributed by atoms with Gasteiger partial charge in [-0.05, 0) is 56.4 Å². The molecule has 0 unspecified atom stereocenters. The molecule has 0 spiro atoms. The first-order valence-corrected chi connectivity index (χ1v) is 10.9. The maximum atomic E-state index is 13.5. The van der Waals surface area contributed by atoms with Crippen LogP contribution in [0, 0.1) is 6.92 Å². The van der Waals surface area contributed by atoms with Gasteiger partial charge >= 0.3 is 0 Å². The average molecular weight is 428 g/mol. The summed E-state index contributed by atoms with van der Waals surface area (Å²) in [6, 6.07) is 11.4. The highest BCUT2D eigenvalue weighted by atomic mass is 16.4. The number of hydrazone groups is 1. The summed E-state index contributed by atoms with van der Waals surface area (Å²) in [5.41, 5.74) is 7.56. The second-order valence-electron chi connectivity index (χ2n) is 8.14. The number of rotatable bonds is 3. The second-order valence-corrected chi connectivity index (χ2v) is 8.14. The summed E-state index contributed by atoms with van der Waals surface area (Å²) in [4.78, 5) is 31.6. The largest absolute Gasteiger partial charge is 0.455 e. The molecule has 1 N–H and O–H groups in total. The van der Waals surface area contributed by atoms with Crippen molar-refractivity contribution < 1.29 is 14.0 Å². The Kier molecular flexibility index (Phi) is 5.31. The molecule has 32 heavy (non-hydrogen) atoms. The molecule has 0 bridgehead atoms. The normalized spacial score (nSPS) is 16.4. The minimum Gasteiger partial charge on any atom is -0.455 e. The Morgan fingerprint density at radius 3 is 2.81 bits per heavy atom. The van der Waals surface area contributed by atoms with Gasteiger partial charge in [0.1, 0.15) is 5.76 Å². The molecule has 7 heteroatoms. The van der Waals surface area contributed by atoms with Gasteiger partial charge in [0, 0.05) is 42.2 Å². The highest BCUT2D eigenvalue weighted by molar-refractivity contribution is 6.10. The van der Waals surface area contributed by atoms with E-state index in [-0.39, 0.29) is 11.8 Å². The van der Waals surface area contributed by atoms with Gasteiger partial charge in [0.05, 0.1) is 11.3 Å². The maximum absolute atomic E-state index is 13.5. The van der Waals surface area contributed by atoms with Crippen LogP contribution >= 0.6 is 0 Å². The Morgan fingerprint density at radius 1 is 1.09 bits per heavy atom. The third-order valence-corrected chi connectivity index (χ3v) is 6.09. The number of nitrogens with one attached hydrogen (secondary N) is 1. The molecular formula is C25H24N4O3. The van der Waals surface area contributed by atoms with E-state index in [0.29, 0.717) is 24.3 Å². The first-order valence-electron chi connectivity index (χ1n) is 10.9. The van der Waals surface area contributed by atoms with Crippen LogP contribution in [0.25, 0.3) is 0 Å². The molecule has 0 saturated carbocycles. The van der Waals surface area contributed by atoms with Crippen molar-refractivity contribution in [3.8, 4) is 0 Å². The number of anilines is 1. The van der Waals surface area contributed by atoms with Crippen molar-refractivity contribution in [1.29, 1.82) is 0 Å². The molecule has 3 aromatic rings. The third kappa shape index (κ3) is 3.60. The van der Waals surface area contributed by atoms with Gasteiger partial charge in [-0.15, -0.1) is 0 Å². The van der Waals surface area contributed by atoms with Gasteiger partial charge in [-0.25, -0.2) is 5.43 Å². The van der Waals surface area contributed by atoms with Crippen LogP contribution in [0.4, 0.5) is 5.69 Å². The molecule has 0 radical (unpaired) electrons. The van der Waals surface area contributed by atoms with E-state index in [2.05, 4.69) is 21.6 Å². The summed E-state index contributed by atoms with van der Waals surface area (Å²) in [6.45, 7) is 2.57. The van der Waals surface area contributed by atoms with E-state index in [1.165, 1.54) is 11.8 Å². The van der Waals surface area contributed by atoms with Gasteiger partial charge in [0.15, 0.2) is 5.76 Å². The minimum atomic E-state index is -0.319. The van der Waals surface area contributed by atoms with Crippen LogP contribution in [0.15, 0.2) is 58.3 Å². The standard InChI is InChI=1S/C25H24N4O3/c1-16-22-19(27-28-24(30)18-8-5-13-26-15-18)10-4-12-21(22)32-23(16)25(31)29-14-6-9-17-7-2-3-11-20(17)29/h2-3,5,7-8,11,13,15H,4,6,9-10,12,14H2,1H3,(H,28,30)/b27-19+. The zero-order valence-electron chi connectivity index (χ0n) is 17.9. The van der Waals surface area contributed by atoms with Crippen LogP contribution in [0.2, 0.25) is 0 Å². The minimum absolute atomic E-state index is 0.122. The summed E-state index contributed by atoms with van der Waals surface area (Å²) in [5.74, 6) is 0.680. The topological polar surface area (TPSA) is 87.8 Å².